The van der Waals surface area contributed by atoms with E-state index in [9.17, 15) is 4.79 Å². The number of fused-ring (bicyclic) bond motifs is 2. The summed E-state index contributed by atoms with van der Waals surface area (Å²) < 4.78 is 8.20. The first kappa shape index (κ1) is 25.6. The van der Waals surface area contributed by atoms with Crippen molar-refractivity contribution in [1.82, 2.24) is 19.4 Å². The molecule has 6 rings (SSSR count). The predicted octanol–water partition coefficient (Wildman–Crippen LogP) is 5.46. The van der Waals surface area contributed by atoms with E-state index in [2.05, 4.69) is 51.4 Å². The number of nitrogens with zero attached hydrogens (tertiary/aromatic N) is 4. The standard InChI is InChI=1S/C32H32N6O2/c1-37(2)15-16-38-14-10-24-19-25(6-7-29(24)38)32(39)36-26-5-3-4-22(18-26)20-34-31-27-11-17-40-30(27)28(21-35-31)23-8-12-33-13-9-23/h3-10,12-14,18-19,21H,11,15-17,20H2,1-2H3,(H,34,35)(H,36,39). The number of carbonyl (C=O) groups excluding carboxylic acids is 1. The molecule has 1 aliphatic heterocycles. The zero-order valence-corrected chi connectivity index (χ0v) is 22.7. The highest BCUT2D eigenvalue weighted by atomic mass is 16.5. The Kier molecular flexibility index (Phi) is 7.16. The Bertz CT molecular complexity index is 1660. The third-order valence-electron chi connectivity index (χ3n) is 7.18. The zero-order chi connectivity index (χ0) is 27.5. The fourth-order valence-electron chi connectivity index (χ4n) is 5.07. The summed E-state index contributed by atoms with van der Waals surface area (Å²) in [6.45, 7) is 3.08. The van der Waals surface area contributed by atoms with Gasteiger partial charge in [-0.2, -0.15) is 0 Å². The van der Waals surface area contributed by atoms with Crippen molar-refractivity contribution in [2.75, 3.05) is 37.9 Å². The van der Waals surface area contributed by atoms with Gasteiger partial charge in [-0.05, 0) is 73.8 Å². The Morgan fingerprint density at radius 1 is 1.07 bits per heavy atom. The molecule has 0 radical (unpaired) electrons. The van der Waals surface area contributed by atoms with Crippen LogP contribution >= 0.6 is 0 Å². The lowest BCUT2D eigenvalue weighted by Crippen LogP contribution is -2.17. The van der Waals surface area contributed by atoms with E-state index in [1.807, 2.05) is 60.8 Å². The van der Waals surface area contributed by atoms with Crippen molar-refractivity contribution in [3.05, 3.63) is 102 Å². The van der Waals surface area contributed by atoms with Crippen molar-refractivity contribution in [2.45, 2.75) is 19.5 Å². The predicted molar refractivity (Wildman–Crippen MR) is 159 cm³/mol. The highest BCUT2D eigenvalue weighted by Gasteiger charge is 2.22. The minimum absolute atomic E-state index is 0.128. The van der Waals surface area contributed by atoms with Crippen LogP contribution in [0.2, 0.25) is 0 Å². The van der Waals surface area contributed by atoms with Gasteiger partial charge in [0.15, 0.2) is 0 Å². The van der Waals surface area contributed by atoms with Gasteiger partial charge in [0.2, 0.25) is 0 Å². The van der Waals surface area contributed by atoms with E-state index in [1.165, 1.54) is 0 Å². The summed E-state index contributed by atoms with van der Waals surface area (Å²) in [4.78, 5) is 24.1. The number of aromatic nitrogens is 3. The summed E-state index contributed by atoms with van der Waals surface area (Å²) in [5.41, 5.74) is 6.66. The van der Waals surface area contributed by atoms with Crippen LogP contribution in [0.25, 0.3) is 22.0 Å². The van der Waals surface area contributed by atoms with Crippen molar-refractivity contribution in [2.24, 2.45) is 0 Å². The van der Waals surface area contributed by atoms with Crippen molar-refractivity contribution in [3.63, 3.8) is 0 Å². The minimum Gasteiger partial charge on any atom is -0.492 e. The molecular formula is C32H32N6O2. The second-order valence-electron chi connectivity index (χ2n) is 10.3. The number of pyridine rings is 2. The average Bonchev–Trinajstić information content (AvgIpc) is 3.63. The molecule has 2 aromatic carbocycles. The zero-order valence-electron chi connectivity index (χ0n) is 22.7. The molecule has 2 N–H and O–H groups in total. The molecule has 8 nitrogen and oxygen atoms in total. The van der Waals surface area contributed by atoms with E-state index in [0.717, 1.165) is 69.9 Å². The number of amides is 1. The van der Waals surface area contributed by atoms with E-state index in [4.69, 9.17) is 9.72 Å². The van der Waals surface area contributed by atoms with Gasteiger partial charge in [0, 0.05) is 84.1 Å². The second-order valence-corrected chi connectivity index (χ2v) is 10.3. The van der Waals surface area contributed by atoms with E-state index >= 15 is 0 Å². The van der Waals surface area contributed by atoms with E-state index in [-0.39, 0.29) is 5.91 Å². The number of anilines is 2. The van der Waals surface area contributed by atoms with E-state index in [0.29, 0.717) is 18.7 Å². The quantitative estimate of drug-likeness (QED) is 0.262. The van der Waals surface area contributed by atoms with Crippen molar-refractivity contribution < 1.29 is 9.53 Å². The molecule has 0 fully saturated rings. The highest BCUT2D eigenvalue weighted by Crippen LogP contribution is 2.39. The number of rotatable bonds is 9. The molecule has 0 aliphatic carbocycles. The summed E-state index contributed by atoms with van der Waals surface area (Å²) >= 11 is 0. The van der Waals surface area contributed by atoms with Gasteiger partial charge in [0.1, 0.15) is 11.6 Å². The summed E-state index contributed by atoms with van der Waals surface area (Å²) in [5.74, 6) is 1.58. The van der Waals surface area contributed by atoms with Crippen LogP contribution in [0.4, 0.5) is 11.5 Å². The largest absolute Gasteiger partial charge is 0.492 e. The molecule has 0 spiro atoms. The summed E-state index contributed by atoms with van der Waals surface area (Å²) in [6.07, 6.45) is 8.29. The molecule has 8 heteroatoms. The smallest absolute Gasteiger partial charge is 0.255 e. The molecule has 0 saturated heterocycles. The molecule has 202 valence electrons. The monoisotopic (exact) mass is 532 g/mol. The van der Waals surface area contributed by atoms with Gasteiger partial charge in [0.05, 0.1) is 6.61 Å². The number of benzene rings is 2. The molecule has 1 aliphatic rings. The lowest BCUT2D eigenvalue weighted by Gasteiger charge is -2.13. The Morgan fingerprint density at radius 3 is 2.80 bits per heavy atom. The minimum atomic E-state index is -0.128. The van der Waals surface area contributed by atoms with Gasteiger partial charge in [-0.25, -0.2) is 4.98 Å². The summed E-state index contributed by atoms with van der Waals surface area (Å²) in [6, 6.07) is 19.7. The molecule has 1 amide bonds. The molecule has 0 saturated carbocycles. The number of likely N-dealkylation sites (N-methyl/N-ethyl adjacent to an activating group) is 1. The van der Waals surface area contributed by atoms with Crippen LogP contribution in [-0.4, -0.2) is 52.6 Å². The van der Waals surface area contributed by atoms with Crippen molar-refractivity contribution in [3.8, 4) is 16.9 Å². The van der Waals surface area contributed by atoms with Gasteiger partial charge in [0.25, 0.3) is 5.91 Å². The average molecular weight is 533 g/mol. The molecule has 0 atom stereocenters. The number of hydrogen-bond acceptors (Lipinski definition) is 6. The SMILES string of the molecule is CN(C)CCn1ccc2cc(C(=O)Nc3cccc(CNc4ncc(-c5ccncc5)c5c4CCO5)c3)ccc21. The Morgan fingerprint density at radius 2 is 1.95 bits per heavy atom. The first-order valence-electron chi connectivity index (χ1n) is 13.5. The topological polar surface area (TPSA) is 84.3 Å². The van der Waals surface area contributed by atoms with Gasteiger partial charge in [-0.1, -0.05) is 12.1 Å². The van der Waals surface area contributed by atoms with Crippen LogP contribution in [-0.2, 0) is 19.5 Å². The van der Waals surface area contributed by atoms with Crippen LogP contribution in [0.15, 0.2) is 85.5 Å². The molecule has 0 bridgehead atoms. The molecular weight excluding hydrogens is 500 g/mol. The highest BCUT2D eigenvalue weighted by molar-refractivity contribution is 6.06. The van der Waals surface area contributed by atoms with Crippen molar-refractivity contribution in [1.29, 1.82) is 0 Å². The normalized spacial score (nSPS) is 12.4. The number of carbonyl (C=O) groups is 1. The van der Waals surface area contributed by atoms with E-state index < -0.39 is 0 Å². The van der Waals surface area contributed by atoms with Crippen LogP contribution < -0.4 is 15.4 Å². The van der Waals surface area contributed by atoms with Crippen LogP contribution in [0, 0.1) is 0 Å². The first-order chi connectivity index (χ1) is 19.5. The maximum absolute atomic E-state index is 13.1. The molecule has 5 aromatic rings. The fourth-order valence-corrected chi connectivity index (χ4v) is 5.07. The van der Waals surface area contributed by atoms with E-state index in [1.54, 1.807) is 12.4 Å². The number of nitrogens with one attached hydrogen (secondary N) is 2. The summed E-state index contributed by atoms with van der Waals surface area (Å²) in [7, 11) is 4.14. The third kappa shape index (κ3) is 5.39. The van der Waals surface area contributed by atoms with Gasteiger partial charge >= 0.3 is 0 Å². The van der Waals surface area contributed by atoms with Crippen LogP contribution in [0.3, 0.4) is 0 Å². The fraction of sp³-hybridized carbons (Fsp3) is 0.219. The van der Waals surface area contributed by atoms with Crippen molar-refractivity contribution >= 4 is 28.3 Å². The molecule has 40 heavy (non-hydrogen) atoms. The van der Waals surface area contributed by atoms with Crippen LogP contribution in [0.1, 0.15) is 21.5 Å². The lowest BCUT2D eigenvalue weighted by atomic mass is 10.0. The third-order valence-corrected chi connectivity index (χ3v) is 7.18. The summed E-state index contributed by atoms with van der Waals surface area (Å²) in [5, 5.41) is 7.58. The number of hydrogen-bond donors (Lipinski definition) is 2. The molecule has 3 aromatic heterocycles. The molecule has 4 heterocycles. The maximum atomic E-state index is 13.1. The number of ether oxygens (including phenoxy) is 1. The van der Waals surface area contributed by atoms with Gasteiger partial charge < -0.3 is 24.8 Å². The second kappa shape index (κ2) is 11.2. The van der Waals surface area contributed by atoms with Gasteiger partial charge in [-0.15, -0.1) is 0 Å². The maximum Gasteiger partial charge on any atom is 0.255 e. The first-order valence-corrected chi connectivity index (χ1v) is 13.5. The van der Waals surface area contributed by atoms with Crippen LogP contribution in [0.5, 0.6) is 5.75 Å². The Balaban J connectivity index is 1.13. The molecule has 0 unspecified atom stereocenters. The Hall–Kier alpha value is -4.69. The van der Waals surface area contributed by atoms with Gasteiger partial charge in [-0.3, -0.25) is 9.78 Å². The Labute approximate surface area is 233 Å². The lowest BCUT2D eigenvalue weighted by molar-refractivity contribution is 0.102.